The predicted octanol–water partition coefficient (Wildman–Crippen LogP) is 1.60. The molecule has 96 valence electrons. The highest BCUT2D eigenvalue weighted by atomic mass is 16.3. The van der Waals surface area contributed by atoms with Crippen molar-refractivity contribution in [2.75, 3.05) is 26.2 Å². The molecule has 1 aliphatic rings. The van der Waals surface area contributed by atoms with Crippen molar-refractivity contribution in [1.82, 2.24) is 4.90 Å². The predicted molar refractivity (Wildman–Crippen MR) is 68.4 cm³/mol. The summed E-state index contributed by atoms with van der Waals surface area (Å²) in [6.45, 7) is 7.47. The first-order chi connectivity index (χ1) is 7.59. The number of aliphatic hydroxyl groups is 1. The van der Waals surface area contributed by atoms with E-state index < -0.39 is 0 Å². The average Bonchev–Trinajstić information content (AvgIpc) is 2.15. The van der Waals surface area contributed by atoms with E-state index in [4.69, 9.17) is 10.8 Å². The molecule has 3 nitrogen and oxygen atoms in total. The van der Waals surface area contributed by atoms with Gasteiger partial charge in [0.1, 0.15) is 0 Å². The Morgan fingerprint density at radius 3 is 2.44 bits per heavy atom. The first-order valence-corrected chi connectivity index (χ1v) is 6.64. The summed E-state index contributed by atoms with van der Waals surface area (Å²) >= 11 is 0. The minimum atomic E-state index is 0.268. The third-order valence-electron chi connectivity index (χ3n) is 3.83. The third-order valence-corrected chi connectivity index (χ3v) is 3.83. The van der Waals surface area contributed by atoms with Gasteiger partial charge in [0.15, 0.2) is 0 Å². The molecule has 3 N–H and O–H groups in total. The highest BCUT2D eigenvalue weighted by molar-refractivity contribution is 4.80. The number of nitrogens with zero attached hydrogens (tertiary/aromatic N) is 1. The van der Waals surface area contributed by atoms with Crippen LogP contribution in [0.1, 0.15) is 46.0 Å². The fourth-order valence-electron chi connectivity index (χ4n) is 2.22. The van der Waals surface area contributed by atoms with Gasteiger partial charge >= 0.3 is 0 Å². The molecule has 0 radical (unpaired) electrons. The highest BCUT2D eigenvalue weighted by Crippen LogP contribution is 2.26. The lowest BCUT2D eigenvalue weighted by Gasteiger charge is -2.37. The number of hydrogen-bond donors (Lipinski definition) is 2. The van der Waals surface area contributed by atoms with Gasteiger partial charge in [-0.2, -0.15) is 0 Å². The lowest BCUT2D eigenvalue weighted by atomic mass is 9.87. The van der Waals surface area contributed by atoms with E-state index in [-0.39, 0.29) is 12.0 Å². The molecule has 0 amide bonds. The molecule has 0 unspecified atom stereocenters. The summed E-state index contributed by atoms with van der Waals surface area (Å²) < 4.78 is 0. The van der Waals surface area contributed by atoms with Gasteiger partial charge in [-0.1, -0.05) is 20.3 Å². The molecule has 0 aromatic rings. The first-order valence-electron chi connectivity index (χ1n) is 6.64. The van der Waals surface area contributed by atoms with Crippen LogP contribution in [0.5, 0.6) is 0 Å². The van der Waals surface area contributed by atoms with E-state index in [0.717, 1.165) is 25.7 Å². The summed E-state index contributed by atoms with van der Waals surface area (Å²) in [6, 6.07) is 0.744. The molecule has 0 aliphatic heterocycles. The fourth-order valence-corrected chi connectivity index (χ4v) is 2.22. The van der Waals surface area contributed by atoms with E-state index in [1.165, 1.54) is 32.1 Å². The van der Waals surface area contributed by atoms with Gasteiger partial charge in [0.05, 0.1) is 6.61 Å². The monoisotopic (exact) mass is 228 g/mol. The molecule has 1 aliphatic carbocycles. The van der Waals surface area contributed by atoms with Crippen LogP contribution in [0, 0.1) is 5.41 Å². The second-order valence-electron chi connectivity index (χ2n) is 5.82. The Morgan fingerprint density at radius 1 is 1.31 bits per heavy atom. The average molecular weight is 228 g/mol. The second kappa shape index (κ2) is 6.58. The van der Waals surface area contributed by atoms with Gasteiger partial charge in [0.25, 0.3) is 0 Å². The minimum absolute atomic E-state index is 0.268. The van der Waals surface area contributed by atoms with Gasteiger partial charge in [-0.05, 0) is 44.2 Å². The van der Waals surface area contributed by atoms with E-state index in [2.05, 4.69) is 18.7 Å². The highest BCUT2D eigenvalue weighted by Gasteiger charge is 2.24. The first kappa shape index (κ1) is 13.9. The number of hydrogen-bond acceptors (Lipinski definition) is 3. The molecule has 0 aromatic heterocycles. The van der Waals surface area contributed by atoms with E-state index in [1.807, 2.05) is 0 Å². The number of rotatable bonds is 8. The van der Waals surface area contributed by atoms with E-state index in [0.29, 0.717) is 0 Å². The van der Waals surface area contributed by atoms with Crippen LogP contribution < -0.4 is 5.73 Å². The van der Waals surface area contributed by atoms with Crippen LogP contribution in [0.3, 0.4) is 0 Å². The van der Waals surface area contributed by atoms with Crippen LogP contribution in [-0.2, 0) is 0 Å². The van der Waals surface area contributed by atoms with E-state index in [1.54, 1.807) is 0 Å². The smallest absolute Gasteiger partial charge is 0.0558 e. The van der Waals surface area contributed by atoms with Crippen molar-refractivity contribution in [3.63, 3.8) is 0 Å². The summed E-state index contributed by atoms with van der Waals surface area (Å²) in [6.07, 6.45) is 6.38. The van der Waals surface area contributed by atoms with Gasteiger partial charge in [-0.25, -0.2) is 0 Å². The van der Waals surface area contributed by atoms with Crippen molar-refractivity contribution in [2.45, 2.75) is 52.0 Å². The molecule has 0 atom stereocenters. The summed E-state index contributed by atoms with van der Waals surface area (Å²) in [5.74, 6) is 0. The van der Waals surface area contributed by atoms with E-state index >= 15 is 0 Å². The molecule has 0 heterocycles. The maximum absolute atomic E-state index is 9.05. The lowest BCUT2D eigenvalue weighted by molar-refractivity contribution is 0.0961. The Kier molecular flexibility index (Phi) is 5.73. The van der Waals surface area contributed by atoms with Crippen LogP contribution in [0.2, 0.25) is 0 Å². The van der Waals surface area contributed by atoms with Crippen LogP contribution in [-0.4, -0.2) is 42.3 Å². The number of aliphatic hydroxyl groups excluding tert-OH is 1. The Morgan fingerprint density at radius 2 is 2.00 bits per heavy atom. The van der Waals surface area contributed by atoms with Gasteiger partial charge in [0.2, 0.25) is 0 Å². The molecule has 0 aromatic carbocycles. The molecular weight excluding hydrogens is 200 g/mol. The van der Waals surface area contributed by atoms with E-state index in [9.17, 15) is 0 Å². The summed E-state index contributed by atoms with van der Waals surface area (Å²) in [4.78, 5) is 2.45. The van der Waals surface area contributed by atoms with Crippen molar-refractivity contribution >= 4 is 0 Å². The maximum Gasteiger partial charge on any atom is 0.0558 e. The molecule has 0 spiro atoms. The Labute approximate surface area is 100 Å². The topological polar surface area (TPSA) is 49.5 Å². The molecule has 16 heavy (non-hydrogen) atoms. The second-order valence-corrected chi connectivity index (χ2v) is 5.82. The molecule has 1 rings (SSSR count). The van der Waals surface area contributed by atoms with Crippen molar-refractivity contribution in [3.05, 3.63) is 0 Å². The molecule has 1 fully saturated rings. The Balaban J connectivity index is 2.21. The molecule has 3 heteroatoms. The van der Waals surface area contributed by atoms with Gasteiger partial charge in [0, 0.05) is 12.6 Å². The Hall–Kier alpha value is -0.120. The van der Waals surface area contributed by atoms with Crippen LogP contribution in [0.25, 0.3) is 0 Å². The largest absolute Gasteiger partial charge is 0.395 e. The molecule has 1 saturated carbocycles. The third kappa shape index (κ3) is 4.40. The maximum atomic E-state index is 9.05. The Bertz CT molecular complexity index is 190. The zero-order valence-corrected chi connectivity index (χ0v) is 10.9. The van der Waals surface area contributed by atoms with Crippen LogP contribution in [0.15, 0.2) is 0 Å². The normalized spacial score (nSPS) is 17.8. The SMILES string of the molecule is CC(C)(CN)CCCN(CCO)C1CCC1. The zero-order valence-electron chi connectivity index (χ0n) is 10.9. The van der Waals surface area contributed by atoms with Gasteiger partial charge in [-0.3, -0.25) is 4.90 Å². The molecule has 0 saturated heterocycles. The lowest BCUT2D eigenvalue weighted by Crippen LogP contribution is -2.42. The van der Waals surface area contributed by atoms with Crippen LogP contribution in [0.4, 0.5) is 0 Å². The fraction of sp³-hybridized carbons (Fsp3) is 1.00. The van der Waals surface area contributed by atoms with Crippen LogP contribution >= 0.6 is 0 Å². The minimum Gasteiger partial charge on any atom is -0.395 e. The van der Waals surface area contributed by atoms with Crippen molar-refractivity contribution < 1.29 is 5.11 Å². The molecular formula is C13H28N2O. The van der Waals surface area contributed by atoms with Crippen molar-refractivity contribution in [1.29, 1.82) is 0 Å². The quantitative estimate of drug-likeness (QED) is 0.663. The molecule has 0 bridgehead atoms. The standard InChI is InChI=1S/C13H28N2O/c1-13(2,11-14)7-4-8-15(9-10-16)12-5-3-6-12/h12,16H,3-11,14H2,1-2H3. The van der Waals surface area contributed by atoms with Crippen molar-refractivity contribution in [2.24, 2.45) is 11.1 Å². The van der Waals surface area contributed by atoms with Gasteiger partial charge in [-0.15, -0.1) is 0 Å². The van der Waals surface area contributed by atoms with Gasteiger partial charge < -0.3 is 10.8 Å². The summed E-state index contributed by atoms with van der Waals surface area (Å²) in [5, 5.41) is 9.05. The van der Waals surface area contributed by atoms with Crippen molar-refractivity contribution in [3.8, 4) is 0 Å². The zero-order chi connectivity index (χ0) is 12.0. The number of nitrogens with two attached hydrogens (primary N) is 1. The summed E-state index contributed by atoms with van der Waals surface area (Å²) in [5.41, 5.74) is 5.99. The summed E-state index contributed by atoms with van der Waals surface area (Å²) in [7, 11) is 0.